The number of carbonyl (C=O) groups excluding carboxylic acids is 1. The molecule has 0 unspecified atom stereocenters. The number of carbonyl (C=O) groups is 1. The van der Waals surface area contributed by atoms with Gasteiger partial charge >= 0.3 is 5.97 Å². The van der Waals surface area contributed by atoms with Crippen molar-refractivity contribution < 1.29 is 9.53 Å². The second kappa shape index (κ2) is 5.92. The molecule has 0 saturated heterocycles. The number of aryl methyl sites for hydroxylation is 3. The van der Waals surface area contributed by atoms with Crippen LogP contribution in [0.25, 0.3) is 10.9 Å². The van der Waals surface area contributed by atoms with E-state index in [1.54, 1.807) is 0 Å². The van der Waals surface area contributed by atoms with E-state index in [9.17, 15) is 4.79 Å². The standard InChI is InChI=1S/C20H21NO2/c1-13-5-8-19-17(9-13)18(20(22)23-4)12-21(19)11-16-7-6-14(2)15(3)10-16/h5-10,12H,11H2,1-4H3. The number of rotatable bonds is 3. The maximum atomic E-state index is 12.1. The molecule has 3 aromatic rings. The van der Waals surface area contributed by atoms with Crippen LogP contribution in [0.5, 0.6) is 0 Å². The van der Waals surface area contributed by atoms with E-state index in [4.69, 9.17) is 4.74 Å². The number of methoxy groups -OCH3 is 1. The molecule has 0 saturated carbocycles. The number of aromatic nitrogens is 1. The van der Waals surface area contributed by atoms with Crippen LogP contribution >= 0.6 is 0 Å². The molecular weight excluding hydrogens is 286 g/mol. The molecule has 2 aromatic carbocycles. The van der Waals surface area contributed by atoms with Crippen LogP contribution in [0.1, 0.15) is 32.6 Å². The van der Waals surface area contributed by atoms with Gasteiger partial charge in [-0.25, -0.2) is 4.79 Å². The van der Waals surface area contributed by atoms with E-state index in [0.29, 0.717) is 5.56 Å². The molecule has 0 bridgehead atoms. The topological polar surface area (TPSA) is 31.2 Å². The minimum absolute atomic E-state index is 0.292. The van der Waals surface area contributed by atoms with Gasteiger partial charge in [-0.2, -0.15) is 0 Å². The van der Waals surface area contributed by atoms with Crippen molar-refractivity contribution in [2.24, 2.45) is 0 Å². The lowest BCUT2D eigenvalue weighted by molar-refractivity contribution is 0.0602. The van der Waals surface area contributed by atoms with Gasteiger partial charge < -0.3 is 9.30 Å². The van der Waals surface area contributed by atoms with Crippen molar-refractivity contribution in [1.82, 2.24) is 4.57 Å². The zero-order valence-electron chi connectivity index (χ0n) is 14.0. The fourth-order valence-corrected chi connectivity index (χ4v) is 2.91. The smallest absolute Gasteiger partial charge is 0.340 e. The summed E-state index contributed by atoms with van der Waals surface area (Å²) in [5, 5.41) is 0.945. The van der Waals surface area contributed by atoms with E-state index in [1.807, 2.05) is 19.2 Å². The largest absolute Gasteiger partial charge is 0.465 e. The monoisotopic (exact) mass is 307 g/mol. The molecule has 0 N–H and O–H groups in total. The number of fused-ring (bicyclic) bond motifs is 1. The van der Waals surface area contributed by atoms with E-state index in [1.165, 1.54) is 23.8 Å². The zero-order valence-corrected chi connectivity index (χ0v) is 14.0. The fraction of sp³-hybridized carbons (Fsp3) is 0.250. The average Bonchev–Trinajstić information content (AvgIpc) is 2.88. The molecule has 0 aliphatic heterocycles. The lowest BCUT2D eigenvalue weighted by Crippen LogP contribution is -2.01. The molecule has 0 fully saturated rings. The third-order valence-electron chi connectivity index (χ3n) is 4.37. The van der Waals surface area contributed by atoms with E-state index in [2.05, 4.69) is 48.7 Å². The summed E-state index contributed by atoms with van der Waals surface area (Å²) in [4.78, 5) is 12.1. The number of esters is 1. The van der Waals surface area contributed by atoms with E-state index >= 15 is 0 Å². The summed E-state index contributed by atoms with van der Waals surface area (Å²) >= 11 is 0. The molecule has 3 rings (SSSR count). The van der Waals surface area contributed by atoms with Gasteiger partial charge in [0.25, 0.3) is 0 Å². The molecule has 0 radical (unpaired) electrons. The van der Waals surface area contributed by atoms with Gasteiger partial charge in [0.05, 0.1) is 12.7 Å². The molecule has 1 aromatic heterocycles. The van der Waals surface area contributed by atoms with Gasteiger partial charge in [-0.15, -0.1) is 0 Å². The maximum absolute atomic E-state index is 12.1. The van der Waals surface area contributed by atoms with Crippen LogP contribution in [0.3, 0.4) is 0 Å². The Balaban J connectivity index is 2.10. The Kier molecular flexibility index (Phi) is 3.95. The zero-order chi connectivity index (χ0) is 16.6. The van der Waals surface area contributed by atoms with Gasteiger partial charge in [-0.05, 0) is 49.6 Å². The molecule has 0 spiro atoms. The van der Waals surface area contributed by atoms with Crippen molar-refractivity contribution in [3.8, 4) is 0 Å². The minimum Gasteiger partial charge on any atom is -0.465 e. The van der Waals surface area contributed by atoms with Crippen LogP contribution < -0.4 is 0 Å². The first-order valence-electron chi connectivity index (χ1n) is 7.73. The summed E-state index contributed by atoms with van der Waals surface area (Å²) < 4.78 is 7.05. The summed E-state index contributed by atoms with van der Waals surface area (Å²) in [6.45, 7) is 7.00. The Labute approximate surface area is 136 Å². The molecule has 0 aliphatic carbocycles. The van der Waals surface area contributed by atoms with Crippen LogP contribution in [0.15, 0.2) is 42.6 Å². The lowest BCUT2D eigenvalue weighted by atomic mass is 10.1. The van der Waals surface area contributed by atoms with Gasteiger partial charge in [0.2, 0.25) is 0 Å². The lowest BCUT2D eigenvalue weighted by Gasteiger charge is -2.08. The normalized spacial score (nSPS) is 11.0. The highest BCUT2D eigenvalue weighted by Crippen LogP contribution is 2.25. The highest BCUT2D eigenvalue weighted by molar-refractivity contribution is 6.04. The Morgan fingerprint density at radius 1 is 1.04 bits per heavy atom. The fourth-order valence-electron chi connectivity index (χ4n) is 2.91. The Bertz CT molecular complexity index is 890. The van der Waals surface area contributed by atoms with Gasteiger partial charge in [0.15, 0.2) is 0 Å². The number of hydrogen-bond donors (Lipinski definition) is 0. The summed E-state index contributed by atoms with van der Waals surface area (Å²) in [5.74, 6) is -0.292. The van der Waals surface area contributed by atoms with Crippen molar-refractivity contribution in [2.45, 2.75) is 27.3 Å². The number of nitrogens with zero attached hydrogens (tertiary/aromatic N) is 1. The Morgan fingerprint density at radius 3 is 2.52 bits per heavy atom. The minimum atomic E-state index is -0.292. The van der Waals surface area contributed by atoms with Crippen molar-refractivity contribution in [3.63, 3.8) is 0 Å². The summed E-state index contributed by atoms with van der Waals surface area (Å²) in [6.07, 6.45) is 1.89. The van der Waals surface area contributed by atoms with Crippen molar-refractivity contribution in [1.29, 1.82) is 0 Å². The van der Waals surface area contributed by atoms with Gasteiger partial charge in [-0.1, -0.05) is 29.8 Å². The highest BCUT2D eigenvalue weighted by Gasteiger charge is 2.15. The summed E-state index contributed by atoms with van der Waals surface area (Å²) in [7, 11) is 1.42. The van der Waals surface area contributed by atoms with Crippen LogP contribution in [0.4, 0.5) is 0 Å². The second-order valence-electron chi connectivity index (χ2n) is 6.10. The first-order chi connectivity index (χ1) is 11.0. The average molecular weight is 307 g/mol. The van der Waals surface area contributed by atoms with E-state index in [0.717, 1.165) is 23.0 Å². The van der Waals surface area contributed by atoms with Crippen molar-refractivity contribution in [2.75, 3.05) is 7.11 Å². The Morgan fingerprint density at radius 2 is 1.83 bits per heavy atom. The van der Waals surface area contributed by atoms with Gasteiger partial charge in [0, 0.05) is 23.6 Å². The third-order valence-corrected chi connectivity index (χ3v) is 4.37. The third kappa shape index (κ3) is 2.87. The molecule has 1 heterocycles. The maximum Gasteiger partial charge on any atom is 0.340 e. The summed E-state index contributed by atoms with van der Waals surface area (Å²) in [6, 6.07) is 12.7. The highest BCUT2D eigenvalue weighted by atomic mass is 16.5. The van der Waals surface area contributed by atoms with Gasteiger partial charge in [-0.3, -0.25) is 0 Å². The molecule has 3 heteroatoms. The van der Waals surface area contributed by atoms with Crippen LogP contribution in [-0.4, -0.2) is 17.6 Å². The molecule has 118 valence electrons. The number of benzene rings is 2. The first-order valence-corrected chi connectivity index (χ1v) is 7.73. The molecule has 0 amide bonds. The predicted octanol–water partition coefficient (Wildman–Crippen LogP) is 4.40. The molecule has 23 heavy (non-hydrogen) atoms. The molecule has 0 atom stereocenters. The quantitative estimate of drug-likeness (QED) is 0.672. The van der Waals surface area contributed by atoms with Crippen LogP contribution in [0, 0.1) is 20.8 Å². The van der Waals surface area contributed by atoms with Gasteiger partial charge in [0.1, 0.15) is 0 Å². The molecule has 3 nitrogen and oxygen atoms in total. The SMILES string of the molecule is COC(=O)c1cn(Cc2ccc(C)c(C)c2)c2ccc(C)cc12. The van der Waals surface area contributed by atoms with Crippen LogP contribution in [-0.2, 0) is 11.3 Å². The van der Waals surface area contributed by atoms with E-state index < -0.39 is 0 Å². The van der Waals surface area contributed by atoms with E-state index in [-0.39, 0.29) is 5.97 Å². The second-order valence-corrected chi connectivity index (χ2v) is 6.10. The summed E-state index contributed by atoms with van der Waals surface area (Å²) in [5.41, 5.74) is 6.60. The number of ether oxygens (including phenoxy) is 1. The number of hydrogen-bond acceptors (Lipinski definition) is 2. The predicted molar refractivity (Wildman–Crippen MR) is 93.0 cm³/mol. The molecular formula is C20H21NO2. The first kappa shape index (κ1) is 15.3. The Hall–Kier alpha value is -2.55. The molecule has 0 aliphatic rings. The van der Waals surface area contributed by atoms with Crippen molar-refractivity contribution >= 4 is 16.9 Å². The van der Waals surface area contributed by atoms with Crippen LogP contribution in [0.2, 0.25) is 0 Å². The van der Waals surface area contributed by atoms with Crippen molar-refractivity contribution in [3.05, 3.63) is 70.4 Å².